The van der Waals surface area contributed by atoms with E-state index in [-0.39, 0.29) is 6.61 Å². The minimum Gasteiger partial charge on any atom is -0.395 e. The number of aryl methyl sites for hydroxylation is 1. The summed E-state index contributed by atoms with van der Waals surface area (Å²) in [6.45, 7) is 2.57. The van der Waals surface area contributed by atoms with Gasteiger partial charge in [-0.3, -0.25) is 0 Å². The van der Waals surface area contributed by atoms with Crippen molar-refractivity contribution in [2.45, 2.75) is 6.92 Å². The number of fused-ring (bicyclic) bond motifs is 1. The first-order valence-electron chi connectivity index (χ1n) is 6.97. The number of aromatic nitrogens is 2. The zero-order valence-corrected chi connectivity index (χ0v) is 11.9. The Bertz CT molecular complexity index is 757. The summed E-state index contributed by atoms with van der Waals surface area (Å²) in [4.78, 5) is 9.30. The molecule has 4 heteroatoms. The van der Waals surface area contributed by atoms with E-state index in [0.29, 0.717) is 12.4 Å². The third-order valence-electron chi connectivity index (χ3n) is 3.37. The van der Waals surface area contributed by atoms with Crippen LogP contribution in [0.4, 0.5) is 5.82 Å². The lowest BCUT2D eigenvalue weighted by Crippen LogP contribution is -2.09. The van der Waals surface area contributed by atoms with Gasteiger partial charge < -0.3 is 10.4 Å². The van der Waals surface area contributed by atoms with E-state index in [4.69, 9.17) is 5.11 Å². The number of aliphatic hydroxyl groups excluding tert-OH is 1. The minimum absolute atomic E-state index is 0.0675. The molecule has 1 heterocycles. The van der Waals surface area contributed by atoms with Crippen LogP contribution in [0.5, 0.6) is 0 Å². The van der Waals surface area contributed by atoms with Crippen LogP contribution >= 0.6 is 0 Å². The number of nitrogens with one attached hydrogen (secondary N) is 1. The highest BCUT2D eigenvalue weighted by atomic mass is 16.3. The van der Waals surface area contributed by atoms with Gasteiger partial charge in [0.2, 0.25) is 0 Å². The molecule has 3 aromatic rings. The van der Waals surface area contributed by atoms with E-state index < -0.39 is 0 Å². The maximum atomic E-state index is 9.05. The smallest absolute Gasteiger partial charge is 0.162 e. The molecule has 106 valence electrons. The number of rotatable bonds is 4. The summed E-state index contributed by atoms with van der Waals surface area (Å²) in [7, 11) is 0. The van der Waals surface area contributed by atoms with Crippen molar-refractivity contribution in [1.82, 2.24) is 9.97 Å². The summed E-state index contributed by atoms with van der Waals surface area (Å²) < 4.78 is 0. The van der Waals surface area contributed by atoms with Crippen molar-refractivity contribution in [1.29, 1.82) is 0 Å². The molecule has 0 saturated carbocycles. The van der Waals surface area contributed by atoms with Crippen LogP contribution in [0.1, 0.15) is 5.56 Å². The molecule has 0 bridgehead atoms. The van der Waals surface area contributed by atoms with Crippen LogP contribution in [-0.4, -0.2) is 28.2 Å². The number of hydrogen-bond donors (Lipinski definition) is 2. The molecule has 0 aliphatic heterocycles. The molecular weight excluding hydrogens is 262 g/mol. The molecule has 0 radical (unpaired) electrons. The first kappa shape index (κ1) is 13.5. The van der Waals surface area contributed by atoms with Crippen LogP contribution in [0.2, 0.25) is 0 Å². The van der Waals surface area contributed by atoms with Gasteiger partial charge in [0.15, 0.2) is 5.82 Å². The van der Waals surface area contributed by atoms with Crippen LogP contribution in [0.15, 0.2) is 48.5 Å². The zero-order chi connectivity index (χ0) is 14.7. The second kappa shape index (κ2) is 5.89. The highest BCUT2D eigenvalue weighted by Gasteiger charge is 2.10. The molecule has 2 N–H and O–H groups in total. The van der Waals surface area contributed by atoms with Crippen LogP contribution in [0, 0.1) is 6.92 Å². The number of hydrogen-bond acceptors (Lipinski definition) is 4. The van der Waals surface area contributed by atoms with Gasteiger partial charge in [0.05, 0.1) is 12.1 Å². The van der Waals surface area contributed by atoms with Crippen molar-refractivity contribution < 1.29 is 5.11 Å². The normalized spacial score (nSPS) is 10.8. The zero-order valence-electron chi connectivity index (χ0n) is 11.9. The predicted molar refractivity (Wildman–Crippen MR) is 85.3 cm³/mol. The van der Waals surface area contributed by atoms with E-state index in [1.165, 1.54) is 0 Å². The molecule has 0 aliphatic carbocycles. The van der Waals surface area contributed by atoms with Gasteiger partial charge in [-0.2, -0.15) is 0 Å². The lowest BCUT2D eigenvalue weighted by molar-refractivity contribution is 0.311. The van der Waals surface area contributed by atoms with Gasteiger partial charge in [-0.25, -0.2) is 9.97 Å². The first-order chi connectivity index (χ1) is 10.3. The highest BCUT2D eigenvalue weighted by Crippen LogP contribution is 2.27. The van der Waals surface area contributed by atoms with Crippen LogP contribution < -0.4 is 5.32 Å². The molecule has 3 rings (SSSR count). The molecular formula is C17H17N3O. The molecule has 0 spiro atoms. The van der Waals surface area contributed by atoms with Crippen molar-refractivity contribution in [3.8, 4) is 11.4 Å². The van der Waals surface area contributed by atoms with E-state index >= 15 is 0 Å². The average molecular weight is 279 g/mol. The third kappa shape index (κ3) is 2.71. The Morgan fingerprint density at radius 2 is 1.81 bits per heavy atom. The maximum absolute atomic E-state index is 9.05. The summed E-state index contributed by atoms with van der Waals surface area (Å²) in [5, 5.41) is 13.2. The number of anilines is 1. The third-order valence-corrected chi connectivity index (χ3v) is 3.37. The fourth-order valence-corrected chi connectivity index (χ4v) is 2.37. The largest absolute Gasteiger partial charge is 0.395 e. The monoisotopic (exact) mass is 279 g/mol. The molecule has 0 amide bonds. The Labute approximate surface area is 123 Å². The average Bonchev–Trinajstić information content (AvgIpc) is 2.53. The summed E-state index contributed by atoms with van der Waals surface area (Å²) in [6, 6.07) is 15.9. The van der Waals surface area contributed by atoms with Crippen molar-refractivity contribution in [2.24, 2.45) is 0 Å². The van der Waals surface area contributed by atoms with Crippen LogP contribution in [0.25, 0.3) is 22.3 Å². The molecule has 1 aromatic heterocycles. The van der Waals surface area contributed by atoms with Gasteiger partial charge in [0.25, 0.3) is 0 Å². The lowest BCUT2D eigenvalue weighted by atomic mass is 10.1. The second-order valence-corrected chi connectivity index (χ2v) is 4.88. The minimum atomic E-state index is 0.0675. The molecule has 2 aromatic carbocycles. The van der Waals surface area contributed by atoms with Crippen molar-refractivity contribution >= 4 is 16.7 Å². The standard InChI is InChI=1S/C17H17N3O/c1-12-6-5-9-14-15(12)17(18-10-11-21)20-16(19-14)13-7-3-2-4-8-13/h2-9,21H,10-11H2,1H3,(H,18,19,20). The molecule has 4 nitrogen and oxygen atoms in total. The molecule has 0 unspecified atom stereocenters. The van der Waals surface area contributed by atoms with E-state index in [0.717, 1.165) is 27.8 Å². The fraction of sp³-hybridized carbons (Fsp3) is 0.176. The Morgan fingerprint density at radius 3 is 2.57 bits per heavy atom. The topological polar surface area (TPSA) is 58.0 Å². The molecule has 0 fully saturated rings. The second-order valence-electron chi connectivity index (χ2n) is 4.88. The fourth-order valence-electron chi connectivity index (χ4n) is 2.37. The van der Waals surface area contributed by atoms with E-state index in [1.54, 1.807) is 0 Å². The first-order valence-corrected chi connectivity index (χ1v) is 6.97. The molecule has 0 aliphatic rings. The molecule has 0 saturated heterocycles. The summed E-state index contributed by atoms with van der Waals surface area (Å²) >= 11 is 0. The van der Waals surface area contributed by atoms with Crippen LogP contribution in [-0.2, 0) is 0 Å². The lowest BCUT2D eigenvalue weighted by Gasteiger charge is -2.12. The Hall–Kier alpha value is -2.46. The molecule has 21 heavy (non-hydrogen) atoms. The SMILES string of the molecule is Cc1cccc2nc(-c3ccccc3)nc(NCCO)c12. The Kier molecular flexibility index (Phi) is 3.79. The van der Waals surface area contributed by atoms with Gasteiger partial charge in [0.1, 0.15) is 5.82 Å². The number of benzene rings is 2. The van der Waals surface area contributed by atoms with Gasteiger partial charge in [-0.05, 0) is 18.6 Å². The number of aliphatic hydroxyl groups is 1. The van der Waals surface area contributed by atoms with E-state index in [2.05, 4.69) is 15.3 Å². The quantitative estimate of drug-likeness (QED) is 0.770. The number of nitrogens with zero attached hydrogens (tertiary/aromatic N) is 2. The van der Waals surface area contributed by atoms with E-state index in [1.807, 2.05) is 55.5 Å². The van der Waals surface area contributed by atoms with Crippen molar-refractivity contribution in [3.05, 3.63) is 54.1 Å². The van der Waals surface area contributed by atoms with Gasteiger partial charge >= 0.3 is 0 Å². The highest BCUT2D eigenvalue weighted by molar-refractivity contribution is 5.93. The summed E-state index contributed by atoms with van der Waals surface area (Å²) in [5.74, 6) is 1.46. The predicted octanol–water partition coefficient (Wildman–Crippen LogP) is 3.01. The van der Waals surface area contributed by atoms with Gasteiger partial charge in [-0.15, -0.1) is 0 Å². The Morgan fingerprint density at radius 1 is 1.00 bits per heavy atom. The van der Waals surface area contributed by atoms with Crippen molar-refractivity contribution in [2.75, 3.05) is 18.5 Å². The van der Waals surface area contributed by atoms with Crippen molar-refractivity contribution in [3.63, 3.8) is 0 Å². The van der Waals surface area contributed by atoms with Gasteiger partial charge in [0, 0.05) is 17.5 Å². The summed E-state index contributed by atoms with van der Waals surface area (Å²) in [5.41, 5.74) is 3.00. The summed E-state index contributed by atoms with van der Waals surface area (Å²) in [6.07, 6.45) is 0. The van der Waals surface area contributed by atoms with Crippen LogP contribution in [0.3, 0.4) is 0 Å². The van der Waals surface area contributed by atoms with Gasteiger partial charge in [-0.1, -0.05) is 42.5 Å². The Balaban J connectivity index is 2.20. The van der Waals surface area contributed by atoms with E-state index in [9.17, 15) is 0 Å². The molecule has 0 atom stereocenters. The maximum Gasteiger partial charge on any atom is 0.162 e.